The number of likely N-dealkylation sites (tertiary alicyclic amines) is 1. The molecule has 2 saturated heterocycles. The van der Waals surface area contributed by atoms with Crippen molar-refractivity contribution >= 4 is 49.9 Å². The Morgan fingerprint density at radius 2 is 1.79 bits per heavy atom. The van der Waals surface area contributed by atoms with Crippen molar-refractivity contribution in [2.45, 2.75) is 42.5 Å². The Kier molecular flexibility index (Phi) is 6.33. The number of piperazine rings is 1. The number of amides is 2. The van der Waals surface area contributed by atoms with Gasteiger partial charge in [0.2, 0.25) is 20.9 Å². The van der Waals surface area contributed by atoms with Gasteiger partial charge in [-0.1, -0.05) is 11.3 Å². The second-order valence-electron chi connectivity index (χ2n) is 10.7. The number of fused-ring (bicyclic) bond motifs is 3. The minimum Gasteiger partial charge on any atom is -0.366 e. The van der Waals surface area contributed by atoms with Gasteiger partial charge >= 0.3 is 6.03 Å². The molecule has 220 valence electrons. The predicted octanol–water partition coefficient (Wildman–Crippen LogP) is 2.74. The first-order valence-electron chi connectivity index (χ1n) is 13.6. The van der Waals surface area contributed by atoms with Crippen LogP contribution in [0.2, 0.25) is 0 Å². The number of rotatable bonds is 6. The third-order valence-electron chi connectivity index (χ3n) is 8.03. The third-order valence-corrected chi connectivity index (χ3v) is 10.5. The van der Waals surface area contributed by atoms with Crippen LogP contribution in [0.5, 0.6) is 0 Å². The lowest BCUT2D eigenvalue weighted by molar-refractivity contribution is 0.150. The van der Waals surface area contributed by atoms with Crippen LogP contribution in [0.3, 0.4) is 0 Å². The van der Waals surface area contributed by atoms with E-state index in [0.29, 0.717) is 72.9 Å². The van der Waals surface area contributed by atoms with Gasteiger partial charge in [0, 0.05) is 51.7 Å². The van der Waals surface area contributed by atoms with Crippen molar-refractivity contribution in [1.82, 2.24) is 38.7 Å². The van der Waals surface area contributed by atoms with Crippen molar-refractivity contribution in [1.29, 1.82) is 5.26 Å². The van der Waals surface area contributed by atoms with Gasteiger partial charge in [-0.25, -0.2) is 27.0 Å². The molecule has 1 saturated carbocycles. The molecule has 0 atom stereocenters. The number of halogens is 2. The highest BCUT2D eigenvalue weighted by molar-refractivity contribution is 7.89. The molecule has 0 unspecified atom stereocenters. The number of imidazole rings is 2. The van der Waals surface area contributed by atoms with Gasteiger partial charge in [-0.3, -0.25) is 8.97 Å². The van der Waals surface area contributed by atoms with Gasteiger partial charge < -0.3 is 14.7 Å². The minimum absolute atomic E-state index is 0.0123. The fourth-order valence-corrected chi connectivity index (χ4v) is 7.78. The van der Waals surface area contributed by atoms with E-state index in [1.165, 1.54) is 10.6 Å². The first-order chi connectivity index (χ1) is 20.2. The summed E-state index contributed by atoms with van der Waals surface area (Å²) in [6.45, 7) is 3.30. The molecule has 17 heteroatoms. The Balaban J connectivity index is 1.35. The number of benzene rings is 1. The van der Waals surface area contributed by atoms with Gasteiger partial charge in [-0.15, -0.1) is 10.2 Å². The van der Waals surface area contributed by atoms with Crippen molar-refractivity contribution in [2.24, 2.45) is 0 Å². The third kappa shape index (κ3) is 4.44. The van der Waals surface area contributed by atoms with Gasteiger partial charge in [-0.05, 0) is 37.8 Å². The molecule has 2 amide bonds. The summed E-state index contributed by atoms with van der Waals surface area (Å²) >= 11 is 0.693. The molecule has 1 aromatic carbocycles. The number of carbonyl (C=O) groups excluding carboxylic acids is 1. The van der Waals surface area contributed by atoms with Crippen molar-refractivity contribution in [2.75, 3.05) is 44.2 Å². The number of urea groups is 1. The zero-order chi connectivity index (χ0) is 29.2. The summed E-state index contributed by atoms with van der Waals surface area (Å²) in [6, 6.07) is 5.07. The van der Waals surface area contributed by atoms with E-state index < -0.39 is 27.0 Å². The van der Waals surface area contributed by atoms with Crippen LogP contribution in [-0.4, -0.2) is 93.2 Å². The van der Waals surface area contributed by atoms with Crippen LogP contribution >= 0.6 is 11.3 Å². The summed E-state index contributed by atoms with van der Waals surface area (Å²) in [5, 5.41) is 16.8. The Hall–Kier alpha value is -3.88. The van der Waals surface area contributed by atoms with Crippen LogP contribution in [0.15, 0.2) is 29.4 Å². The van der Waals surface area contributed by atoms with E-state index in [1.807, 2.05) is 14.7 Å². The molecule has 7 rings (SSSR count). The van der Waals surface area contributed by atoms with Crippen LogP contribution in [0, 0.1) is 11.3 Å². The van der Waals surface area contributed by atoms with Crippen molar-refractivity contribution in [3.8, 4) is 11.2 Å². The molecule has 1 N–H and O–H groups in total. The van der Waals surface area contributed by atoms with E-state index in [2.05, 4.69) is 26.0 Å². The lowest BCUT2D eigenvalue weighted by Gasteiger charge is -2.38. The average Bonchev–Trinajstić information content (AvgIpc) is 3.51. The molecule has 42 heavy (non-hydrogen) atoms. The Bertz CT molecular complexity index is 1840. The number of nitrogens with zero attached hydrogens (tertiary/aromatic N) is 9. The standard InChI is InChI=1S/C25H26F2N10O3S2/c26-20(27)21-30-31-23(41-21)37-18-14-16(42(39,40)32-25(15-28)3-4-25)13-17(19(18)36-8-5-29-22(36)37)33-9-11-35(12-10-33)24(38)34-6-1-2-7-34/h5,8,13-14,20,32H,1-4,6-7,9-12H2. The Morgan fingerprint density at radius 3 is 2.43 bits per heavy atom. The van der Waals surface area contributed by atoms with E-state index >= 15 is 0 Å². The minimum atomic E-state index is -4.15. The number of anilines is 1. The maximum atomic E-state index is 13.6. The zero-order valence-corrected chi connectivity index (χ0v) is 23.9. The average molecular weight is 617 g/mol. The summed E-state index contributed by atoms with van der Waals surface area (Å²) in [6.07, 6.45) is 3.28. The molecule has 5 heterocycles. The SMILES string of the molecule is N#CC1(NS(=O)(=O)c2cc(N3CCN(C(=O)N4CCCC4)CC3)c3c(c2)n(-c2nnc(C(F)F)s2)c2nccn32)CC1. The zero-order valence-electron chi connectivity index (χ0n) is 22.3. The van der Waals surface area contributed by atoms with Gasteiger partial charge in [-0.2, -0.15) is 9.98 Å². The lowest BCUT2D eigenvalue weighted by Crippen LogP contribution is -2.52. The second kappa shape index (κ2) is 9.85. The number of aromatic nitrogens is 5. The molecule has 13 nitrogen and oxygen atoms in total. The molecule has 0 bridgehead atoms. The molecule has 2 aliphatic heterocycles. The second-order valence-corrected chi connectivity index (χ2v) is 13.4. The largest absolute Gasteiger partial charge is 0.366 e. The summed E-state index contributed by atoms with van der Waals surface area (Å²) in [7, 11) is -4.15. The van der Waals surface area contributed by atoms with E-state index in [-0.39, 0.29) is 16.1 Å². The molecule has 0 spiro atoms. The highest BCUT2D eigenvalue weighted by Gasteiger charge is 2.47. The molecule has 4 aromatic rings. The first kappa shape index (κ1) is 27.0. The van der Waals surface area contributed by atoms with Crippen molar-refractivity contribution in [3.63, 3.8) is 0 Å². The highest BCUT2D eigenvalue weighted by Crippen LogP contribution is 2.39. The number of carbonyl (C=O) groups is 1. The summed E-state index contributed by atoms with van der Waals surface area (Å²) < 4.78 is 59.9. The molecular formula is C25H26F2N10O3S2. The molecule has 1 aliphatic carbocycles. The molecule has 0 radical (unpaired) electrons. The fourth-order valence-electron chi connectivity index (χ4n) is 5.65. The normalized spacial score (nSPS) is 18.9. The Morgan fingerprint density at radius 1 is 1.07 bits per heavy atom. The number of alkyl halides is 2. The number of hydrogen-bond donors (Lipinski definition) is 1. The van der Waals surface area contributed by atoms with Crippen LogP contribution in [0.4, 0.5) is 19.3 Å². The first-order valence-corrected chi connectivity index (χ1v) is 15.9. The van der Waals surface area contributed by atoms with Gasteiger partial charge in [0.1, 0.15) is 5.54 Å². The number of nitriles is 1. The number of sulfonamides is 1. The highest BCUT2D eigenvalue weighted by atomic mass is 32.2. The van der Waals surface area contributed by atoms with Gasteiger partial charge in [0.15, 0.2) is 5.01 Å². The summed E-state index contributed by atoms with van der Waals surface area (Å²) in [5.74, 6) is 0.351. The van der Waals surface area contributed by atoms with Gasteiger partial charge in [0.05, 0.1) is 27.7 Å². The number of nitrogens with one attached hydrogen (secondary N) is 1. The van der Waals surface area contributed by atoms with Crippen LogP contribution in [0.1, 0.15) is 37.1 Å². The van der Waals surface area contributed by atoms with E-state index in [1.54, 1.807) is 22.9 Å². The van der Waals surface area contributed by atoms with Crippen LogP contribution in [0.25, 0.3) is 21.9 Å². The van der Waals surface area contributed by atoms with E-state index in [9.17, 15) is 27.3 Å². The smallest absolute Gasteiger partial charge is 0.320 e. The Labute approximate surface area is 243 Å². The summed E-state index contributed by atoms with van der Waals surface area (Å²) in [4.78, 5) is 23.0. The maximum Gasteiger partial charge on any atom is 0.320 e. The number of hydrogen-bond acceptors (Lipinski definition) is 9. The maximum absolute atomic E-state index is 13.6. The van der Waals surface area contributed by atoms with E-state index in [0.717, 1.165) is 25.9 Å². The predicted molar refractivity (Wildman–Crippen MR) is 148 cm³/mol. The van der Waals surface area contributed by atoms with E-state index in [4.69, 9.17) is 0 Å². The molecular weight excluding hydrogens is 590 g/mol. The topological polar surface area (TPSA) is 145 Å². The van der Waals surface area contributed by atoms with Crippen LogP contribution in [-0.2, 0) is 10.0 Å². The lowest BCUT2D eigenvalue weighted by atomic mass is 10.2. The van der Waals surface area contributed by atoms with Crippen molar-refractivity contribution < 1.29 is 22.0 Å². The quantitative estimate of drug-likeness (QED) is 0.348. The van der Waals surface area contributed by atoms with Crippen LogP contribution < -0.4 is 9.62 Å². The fraction of sp³-hybridized carbons (Fsp3) is 0.480. The molecule has 3 aliphatic rings. The molecule has 3 aromatic heterocycles. The van der Waals surface area contributed by atoms with Gasteiger partial charge in [0.25, 0.3) is 6.43 Å². The monoisotopic (exact) mass is 616 g/mol. The van der Waals surface area contributed by atoms with Crippen molar-refractivity contribution in [3.05, 3.63) is 29.5 Å². The molecule has 3 fully saturated rings. The summed E-state index contributed by atoms with van der Waals surface area (Å²) in [5.41, 5.74) is 0.418.